The largest absolute Gasteiger partial charge is 0.486 e. The Kier molecular flexibility index (Phi) is 5.43. The molecular formula is C23H26N2O4. The standard InChI is InChI=1S/C23H26N2O4/c1-3-24(14-17-5-4-6-20-22(17)29-12-11-28-20)23(27)18-13-21(26)25(15-18)19-9-7-16(2)8-10-19/h4-10,18H,3,11-15H2,1-2H3. The van der Waals surface area contributed by atoms with Gasteiger partial charge in [0.05, 0.1) is 5.92 Å². The molecule has 2 aromatic carbocycles. The molecule has 6 nitrogen and oxygen atoms in total. The van der Waals surface area contributed by atoms with Crippen LogP contribution >= 0.6 is 0 Å². The topological polar surface area (TPSA) is 59.1 Å². The van der Waals surface area contributed by atoms with Gasteiger partial charge in [-0.05, 0) is 32.0 Å². The summed E-state index contributed by atoms with van der Waals surface area (Å²) in [7, 11) is 0. The molecule has 1 saturated heterocycles. The van der Waals surface area contributed by atoms with Gasteiger partial charge in [-0.2, -0.15) is 0 Å². The number of hydrogen-bond acceptors (Lipinski definition) is 4. The maximum atomic E-state index is 13.2. The summed E-state index contributed by atoms with van der Waals surface area (Å²) in [5, 5.41) is 0. The number of anilines is 1. The van der Waals surface area contributed by atoms with Crippen molar-refractivity contribution >= 4 is 17.5 Å². The maximum absolute atomic E-state index is 13.2. The third-order valence-corrected chi connectivity index (χ3v) is 5.52. The SMILES string of the molecule is CCN(Cc1cccc2c1OCCO2)C(=O)C1CC(=O)N(c2ccc(C)cc2)C1. The normalized spacial score (nSPS) is 18.1. The Morgan fingerprint density at radius 2 is 1.90 bits per heavy atom. The molecule has 1 atom stereocenters. The summed E-state index contributed by atoms with van der Waals surface area (Å²) in [6.07, 6.45) is 0.246. The Bertz CT molecular complexity index is 910. The third kappa shape index (κ3) is 3.92. The van der Waals surface area contributed by atoms with Crippen LogP contribution in [-0.4, -0.2) is 43.0 Å². The number of aryl methyl sites for hydroxylation is 1. The van der Waals surface area contributed by atoms with Crippen molar-refractivity contribution in [2.45, 2.75) is 26.8 Å². The summed E-state index contributed by atoms with van der Waals surface area (Å²) in [6, 6.07) is 13.6. The number of nitrogens with zero attached hydrogens (tertiary/aromatic N) is 2. The highest BCUT2D eigenvalue weighted by Gasteiger charge is 2.37. The fraction of sp³-hybridized carbons (Fsp3) is 0.391. The molecule has 2 aromatic rings. The van der Waals surface area contributed by atoms with Gasteiger partial charge in [-0.15, -0.1) is 0 Å². The average molecular weight is 394 g/mol. The lowest BCUT2D eigenvalue weighted by Gasteiger charge is -2.27. The molecule has 0 aromatic heterocycles. The van der Waals surface area contributed by atoms with E-state index in [-0.39, 0.29) is 24.2 Å². The Morgan fingerprint density at radius 1 is 1.14 bits per heavy atom. The number of benzene rings is 2. The number of amides is 2. The Labute approximate surface area is 171 Å². The van der Waals surface area contributed by atoms with Crippen molar-refractivity contribution in [1.29, 1.82) is 0 Å². The first-order chi connectivity index (χ1) is 14.1. The van der Waals surface area contributed by atoms with Gasteiger partial charge in [0.1, 0.15) is 13.2 Å². The number of ether oxygens (including phenoxy) is 2. The van der Waals surface area contributed by atoms with Crippen molar-refractivity contribution in [2.75, 3.05) is 31.2 Å². The molecule has 2 amide bonds. The van der Waals surface area contributed by atoms with E-state index in [4.69, 9.17) is 9.47 Å². The zero-order valence-corrected chi connectivity index (χ0v) is 16.9. The minimum atomic E-state index is -0.333. The van der Waals surface area contributed by atoms with Crippen molar-refractivity contribution in [3.05, 3.63) is 53.6 Å². The lowest BCUT2D eigenvalue weighted by atomic mass is 10.1. The molecule has 0 N–H and O–H groups in total. The predicted molar refractivity (Wildman–Crippen MR) is 110 cm³/mol. The number of carbonyl (C=O) groups is 2. The van der Waals surface area contributed by atoms with Crippen LogP contribution in [0.2, 0.25) is 0 Å². The zero-order chi connectivity index (χ0) is 20.4. The molecule has 0 spiro atoms. The van der Waals surface area contributed by atoms with Crippen molar-refractivity contribution in [3.8, 4) is 11.5 Å². The van der Waals surface area contributed by atoms with E-state index in [0.29, 0.717) is 38.6 Å². The predicted octanol–water partition coefficient (Wildman–Crippen LogP) is 3.17. The Hall–Kier alpha value is -3.02. The average Bonchev–Trinajstić information content (AvgIpc) is 3.14. The van der Waals surface area contributed by atoms with Gasteiger partial charge in [-0.1, -0.05) is 29.8 Å². The van der Waals surface area contributed by atoms with Crippen LogP contribution in [0.3, 0.4) is 0 Å². The fourth-order valence-electron chi connectivity index (χ4n) is 3.92. The van der Waals surface area contributed by atoms with Crippen molar-refractivity contribution in [3.63, 3.8) is 0 Å². The van der Waals surface area contributed by atoms with E-state index in [0.717, 1.165) is 22.6 Å². The molecule has 2 heterocycles. The molecule has 4 rings (SSSR count). The highest BCUT2D eigenvalue weighted by molar-refractivity contribution is 6.00. The van der Waals surface area contributed by atoms with E-state index in [1.54, 1.807) is 9.80 Å². The van der Waals surface area contributed by atoms with Gasteiger partial charge >= 0.3 is 0 Å². The van der Waals surface area contributed by atoms with E-state index in [9.17, 15) is 9.59 Å². The van der Waals surface area contributed by atoms with E-state index in [2.05, 4.69) is 0 Å². The third-order valence-electron chi connectivity index (χ3n) is 5.52. The molecule has 29 heavy (non-hydrogen) atoms. The van der Waals surface area contributed by atoms with Crippen LogP contribution in [-0.2, 0) is 16.1 Å². The molecule has 0 saturated carbocycles. The van der Waals surface area contributed by atoms with E-state index in [1.807, 2.05) is 56.3 Å². The molecule has 1 fully saturated rings. The van der Waals surface area contributed by atoms with Gasteiger partial charge in [0, 0.05) is 37.3 Å². The minimum absolute atomic E-state index is 0.00270. The number of fused-ring (bicyclic) bond motifs is 1. The second kappa shape index (κ2) is 8.15. The number of para-hydroxylation sites is 1. The van der Waals surface area contributed by atoms with Crippen LogP contribution in [0.25, 0.3) is 0 Å². The summed E-state index contributed by atoms with van der Waals surface area (Å²) in [6.45, 7) is 6.44. The summed E-state index contributed by atoms with van der Waals surface area (Å²) in [5.74, 6) is 1.11. The van der Waals surface area contributed by atoms with Crippen molar-refractivity contribution in [1.82, 2.24) is 4.90 Å². The highest BCUT2D eigenvalue weighted by Crippen LogP contribution is 2.35. The molecule has 0 aliphatic carbocycles. The second-order valence-electron chi connectivity index (χ2n) is 7.53. The zero-order valence-electron chi connectivity index (χ0n) is 16.9. The lowest BCUT2D eigenvalue weighted by Crippen LogP contribution is -2.37. The van der Waals surface area contributed by atoms with Crippen LogP contribution in [0.5, 0.6) is 11.5 Å². The van der Waals surface area contributed by atoms with Crippen molar-refractivity contribution in [2.24, 2.45) is 5.92 Å². The van der Waals surface area contributed by atoms with E-state index in [1.165, 1.54) is 0 Å². The summed E-state index contributed by atoms with van der Waals surface area (Å²) in [4.78, 5) is 29.3. The van der Waals surface area contributed by atoms with E-state index < -0.39 is 0 Å². The molecule has 0 radical (unpaired) electrons. The van der Waals surface area contributed by atoms with Crippen LogP contribution < -0.4 is 14.4 Å². The van der Waals surface area contributed by atoms with Crippen LogP contribution in [0.4, 0.5) is 5.69 Å². The molecule has 2 aliphatic heterocycles. The van der Waals surface area contributed by atoms with E-state index >= 15 is 0 Å². The molecular weight excluding hydrogens is 368 g/mol. The summed E-state index contributed by atoms with van der Waals surface area (Å²) < 4.78 is 11.4. The van der Waals surface area contributed by atoms with Gasteiger partial charge in [0.2, 0.25) is 11.8 Å². The molecule has 6 heteroatoms. The lowest BCUT2D eigenvalue weighted by molar-refractivity contribution is -0.136. The summed E-state index contributed by atoms with van der Waals surface area (Å²) in [5.41, 5.74) is 2.92. The first-order valence-corrected chi connectivity index (χ1v) is 10.1. The first kappa shape index (κ1) is 19.3. The molecule has 0 bridgehead atoms. The molecule has 2 aliphatic rings. The van der Waals surface area contributed by atoms with Gasteiger partial charge in [-0.3, -0.25) is 9.59 Å². The van der Waals surface area contributed by atoms with Crippen LogP contribution in [0, 0.1) is 12.8 Å². The quantitative estimate of drug-likeness (QED) is 0.782. The maximum Gasteiger partial charge on any atom is 0.228 e. The smallest absolute Gasteiger partial charge is 0.228 e. The number of hydrogen-bond donors (Lipinski definition) is 0. The van der Waals surface area contributed by atoms with Gasteiger partial charge in [-0.25, -0.2) is 0 Å². The van der Waals surface area contributed by atoms with Gasteiger partial charge < -0.3 is 19.3 Å². The monoisotopic (exact) mass is 394 g/mol. The number of carbonyl (C=O) groups excluding carboxylic acids is 2. The summed E-state index contributed by atoms with van der Waals surface area (Å²) >= 11 is 0. The van der Waals surface area contributed by atoms with Crippen molar-refractivity contribution < 1.29 is 19.1 Å². The van der Waals surface area contributed by atoms with Gasteiger partial charge in [0.25, 0.3) is 0 Å². The van der Waals surface area contributed by atoms with Gasteiger partial charge in [0.15, 0.2) is 11.5 Å². The molecule has 1 unspecified atom stereocenters. The van der Waals surface area contributed by atoms with Crippen LogP contribution in [0.1, 0.15) is 24.5 Å². The fourth-order valence-corrected chi connectivity index (χ4v) is 3.92. The second-order valence-corrected chi connectivity index (χ2v) is 7.53. The molecule has 152 valence electrons. The Balaban J connectivity index is 1.48. The highest BCUT2D eigenvalue weighted by atomic mass is 16.6. The minimum Gasteiger partial charge on any atom is -0.486 e. The Morgan fingerprint density at radius 3 is 2.66 bits per heavy atom. The van der Waals surface area contributed by atoms with Crippen LogP contribution in [0.15, 0.2) is 42.5 Å². The first-order valence-electron chi connectivity index (χ1n) is 10.1. The number of rotatable bonds is 5.